The van der Waals surface area contributed by atoms with Gasteiger partial charge in [-0.3, -0.25) is 0 Å². The molecule has 0 aromatic carbocycles. The van der Waals surface area contributed by atoms with E-state index >= 15 is 0 Å². The molecule has 0 aliphatic rings. The lowest BCUT2D eigenvalue weighted by Crippen LogP contribution is -1.97. The first kappa shape index (κ1) is 7.48. The Morgan fingerprint density at radius 1 is 1.67 bits per heavy atom. The topological polar surface area (TPSA) is 9.23 Å². The molecule has 0 aromatic rings. The lowest BCUT2D eigenvalue weighted by atomic mass is 10.6. The molecule has 0 saturated heterocycles. The van der Waals surface area contributed by atoms with Crippen LogP contribution in [0.1, 0.15) is 6.92 Å². The molecular formula is C2H5BI2O. The fourth-order valence-electron chi connectivity index (χ4n) is 0.126. The average molecular weight is 310 g/mol. The Kier molecular flexibility index (Phi) is 5.79. The summed E-state index contributed by atoms with van der Waals surface area (Å²) in [6.45, 7) is 2.81. The van der Waals surface area contributed by atoms with Gasteiger partial charge >= 0.3 is 2.63 Å². The zero-order valence-electron chi connectivity index (χ0n) is 3.45. The minimum absolute atomic E-state index is 0.338. The van der Waals surface area contributed by atoms with E-state index in [1.165, 1.54) is 0 Å². The summed E-state index contributed by atoms with van der Waals surface area (Å²) in [6, 6.07) is 0. The second-order valence-electron chi connectivity index (χ2n) is 0.716. The summed E-state index contributed by atoms with van der Waals surface area (Å²) in [5, 5.41) is 0. The molecule has 0 bridgehead atoms. The molecule has 0 N–H and O–H groups in total. The van der Waals surface area contributed by atoms with Gasteiger partial charge in [-0.15, -0.1) is 0 Å². The van der Waals surface area contributed by atoms with Crippen LogP contribution in [0.4, 0.5) is 0 Å². The number of halogens is 2. The normalized spacial score (nSPS) is 8.50. The number of rotatable bonds is 2. The van der Waals surface area contributed by atoms with Gasteiger partial charge < -0.3 is 4.65 Å². The maximum Gasteiger partial charge on any atom is 0.437 e. The van der Waals surface area contributed by atoms with Gasteiger partial charge in [0.25, 0.3) is 0 Å². The van der Waals surface area contributed by atoms with Crippen molar-refractivity contribution in [3.8, 4) is 0 Å². The predicted molar refractivity (Wildman–Crippen MR) is 45.4 cm³/mol. The minimum Gasteiger partial charge on any atom is -0.418 e. The van der Waals surface area contributed by atoms with Crippen molar-refractivity contribution >= 4 is 47.4 Å². The predicted octanol–water partition coefficient (Wildman–Crippen LogP) is 1.88. The zero-order valence-corrected chi connectivity index (χ0v) is 7.76. The third-order valence-corrected chi connectivity index (χ3v) is 1.01. The summed E-state index contributed by atoms with van der Waals surface area (Å²) in [5.74, 6) is 0. The van der Waals surface area contributed by atoms with Crippen LogP contribution in [-0.4, -0.2) is 9.24 Å². The first-order valence-electron chi connectivity index (χ1n) is 1.67. The molecule has 4 heteroatoms. The summed E-state index contributed by atoms with van der Waals surface area (Å²) >= 11 is 4.41. The van der Waals surface area contributed by atoms with Gasteiger partial charge in [0.1, 0.15) is 0 Å². The van der Waals surface area contributed by atoms with E-state index in [9.17, 15) is 0 Å². The monoisotopic (exact) mass is 310 g/mol. The lowest BCUT2D eigenvalue weighted by Gasteiger charge is -1.92. The molecule has 0 atom stereocenters. The van der Waals surface area contributed by atoms with Crippen LogP contribution in [0.5, 0.6) is 0 Å². The van der Waals surface area contributed by atoms with Crippen LogP contribution >= 0.6 is 44.7 Å². The van der Waals surface area contributed by atoms with Crippen molar-refractivity contribution in [1.82, 2.24) is 0 Å². The Bertz CT molecular complexity index is 32.7. The van der Waals surface area contributed by atoms with Crippen LogP contribution < -0.4 is 0 Å². The Morgan fingerprint density at radius 3 is 2.17 bits per heavy atom. The van der Waals surface area contributed by atoms with E-state index in [0.717, 1.165) is 6.61 Å². The van der Waals surface area contributed by atoms with Gasteiger partial charge in [-0.05, 0) is 6.92 Å². The summed E-state index contributed by atoms with van der Waals surface area (Å²) in [7, 11) is 0. The molecule has 0 aliphatic heterocycles. The Balaban J connectivity index is 2.63. The lowest BCUT2D eigenvalue weighted by molar-refractivity contribution is 0.372. The Hall–Kier alpha value is 1.48. The van der Waals surface area contributed by atoms with E-state index in [0.29, 0.717) is 2.63 Å². The maximum absolute atomic E-state index is 5.02. The van der Waals surface area contributed by atoms with Crippen molar-refractivity contribution in [2.75, 3.05) is 6.61 Å². The molecule has 6 heavy (non-hydrogen) atoms. The van der Waals surface area contributed by atoms with Crippen molar-refractivity contribution in [1.29, 1.82) is 0 Å². The molecule has 0 spiro atoms. The van der Waals surface area contributed by atoms with E-state index in [1.807, 2.05) is 6.92 Å². The highest BCUT2D eigenvalue weighted by atomic mass is 127. The van der Waals surface area contributed by atoms with Gasteiger partial charge in [0.2, 0.25) is 0 Å². The summed E-state index contributed by atoms with van der Waals surface area (Å²) in [5.41, 5.74) is 0. The van der Waals surface area contributed by atoms with Crippen molar-refractivity contribution in [2.24, 2.45) is 0 Å². The standard InChI is InChI=1S/C2H5BI2O/c1-2-6-3(4)5/h2H2,1H3. The highest BCUT2D eigenvalue weighted by Gasteiger charge is 1.98. The molecule has 0 aliphatic carbocycles. The van der Waals surface area contributed by atoms with Crippen LogP contribution in [0.25, 0.3) is 0 Å². The molecule has 0 heterocycles. The molecule has 0 aromatic heterocycles. The second kappa shape index (κ2) is 4.64. The quantitative estimate of drug-likeness (QED) is 0.559. The first-order chi connectivity index (χ1) is 2.77. The van der Waals surface area contributed by atoms with E-state index in [1.54, 1.807) is 0 Å². The number of hydrogen-bond donors (Lipinski definition) is 0. The largest absolute Gasteiger partial charge is 0.437 e. The van der Waals surface area contributed by atoms with E-state index in [-0.39, 0.29) is 0 Å². The molecule has 0 rings (SSSR count). The van der Waals surface area contributed by atoms with Gasteiger partial charge in [0.15, 0.2) is 0 Å². The van der Waals surface area contributed by atoms with Crippen LogP contribution in [-0.2, 0) is 4.65 Å². The molecule has 36 valence electrons. The molecular weight excluding hydrogens is 305 g/mol. The van der Waals surface area contributed by atoms with Crippen molar-refractivity contribution in [2.45, 2.75) is 6.92 Å². The van der Waals surface area contributed by atoms with Gasteiger partial charge in [0.05, 0.1) is 0 Å². The van der Waals surface area contributed by atoms with Gasteiger partial charge in [-0.2, -0.15) is 0 Å². The third-order valence-electron chi connectivity index (χ3n) is 0.293. The fraction of sp³-hybridized carbons (Fsp3) is 1.00. The maximum atomic E-state index is 5.02. The highest BCUT2D eigenvalue weighted by molar-refractivity contribution is 14.3. The van der Waals surface area contributed by atoms with Crippen molar-refractivity contribution in [3.05, 3.63) is 0 Å². The Labute approximate surface area is 65.1 Å². The number of hydrogen-bond acceptors (Lipinski definition) is 1. The molecule has 0 fully saturated rings. The van der Waals surface area contributed by atoms with Crippen LogP contribution in [0.15, 0.2) is 0 Å². The van der Waals surface area contributed by atoms with Gasteiger partial charge in [0, 0.05) is 6.61 Å². The average Bonchev–Trinajstić information content (AvgIpc) is 1.35. The summed E-state index contributed by atoms with van der Waals surface area (Å²) < 4.78 is 5.35. The molecule has 0 unspecified atom stereocenters. The van der Waals surface area contributed by atoms with E-state index in [2.05, 4.69) is 44.7 Å². The van der Waals surface area contributed by atoms with E-state index < -0.39 is 0 Å². The van der Waals surface area contributed by atoms with Gasteiger partial charge in [-0.1, -0.05) is 44.7 Å². The van der Waals surface area contributed by atoms with Crippen molar-refractivity contribution in [3.63, 3.8) is 0 Å². The van der Waals surface area contributed by atoms with E-state index in [4.69, 9.17) is 4.65 Å². The smallest absolute Gasteiger partial charge is 0.418 e. The highest BCUT2D eigenvalue weighted by Crippen LogP contribution is 2.03. The fourth-order valence-corrected chi connectivity index (χ4v) is 0.845. The van der Waals surface area contributed by atoms with Crippen molar-refractivity contribution < 1.29 is 4.65 Å². The van der Waals surface area contributed by atoms with Crippen LogP contribution in [0.3, 0.4) is 0 Å². The molecule has 0 saturated carbocycles. The molecule has 1 nitrogen and oxygen atoms in total. The zero-order chi connectivity index (χ0) is 4.99. The molecule has 0 radical (unpaired) electrons. The summed E-state index contributed by atoms with van der Waals surface area (Å²) in [4.78, 5) is 0. The minimum atomic E-state index is 0.338. The van der Waals surface area contributed by atoms with Crippen LogP contribution in [0.2, 0.25) is 0 Å². The van der Waals surface area contributed by atoms with Gasteiger partial charge in [-0.25, -0.2) is 0 Å². The third kappa shape index (κ3) is 5.48. The van der Waals surface area contributed by atoms with Crippen LogP contribution in [0, 0.1) is 0 Å². The molecule has 0 amide bonds. The summed E-state index contributed by atoms with van der Waals surface area (Å²) in [6.07, 6.45) is 0. The Morgan fingerprint density at radius 2 is 2.17 bits per heavy atom. The second-order valence-corrected chi connectivity index (χ2v) is 5.36. The first-order valence-corrected chi connectivity index (χ1v) is 4.16. The SMILES string of the molecule is CCOB(I)I.